The van der Waals surface area contributed by atoms with E-state index in [1.807, 2.05) is 19.1 Å². The second-order valence-corrected chi connectivity index (χ2v) is 5.11. The Balaban J connectivity index is 1.64. The topological polar surface area (TPSA) is 24.5 Å². The number of rotatable bonds is 9. The predicted octanol–water partition coefficient (Wildman–Crippen LogP) is 2.66. The zero-order valence-electron chi connectivity index (χ0n) is 12.2. The summed E-state index contributed by atoms with van der Waals surface area (Å²) in [4.78, 5) is 2.57. The summed E-state index contributed by atoms with van der Waals surface area (Å²) in [5.74, 6) is 0.956. The molecule has 1 aliphatic carbocycles. The summed E-state index contributed by atoms with van der Waals surface area (Å²) in [6.07, 6.45) is 2.79. The molecule has 0 bridgehead atoms. The lowest BCUT2D eigenvalue weighted by molar-refractivity contribution is 0.277. The van der Waals surface area contributed by atoms with Crippen molar-refractivity contribution in [1.29, 1.82) is 0 Å². The van der Waals surface area contributed by atoms with E-state index >= 15 is 0 Å². The molecule has 0 aromatic heterocycles. The van der Waals surface area contributed by atoms with Crippen LogP contribution >= 0.6 is 0 Å². The van der Waals surface area contributed by atoms with Crippen molar-refractivity contribution in [1.82, 2.24) is 10.2 Å². The molecule has 3 heteroatoms. The van der Waals surface area contributed by atoms with Crippen LogP contribution < -0.4 is 10.1 Å². The highest BCUT2D eigenvalue weighted by atomic mass is 16.5. The number of hydrogen-bond donors (Lipinski definition) is 1. The van der Waals surface area contributed by atoms with Gasteiger partial charge < -0.3 is 10.1 Å². The van der Waals surface area contributed by atoms with Crippen LogP contribution in [0.5, 0.6) is 5.75 Å². The minimum absolute atomic E-state index is 0.728. The number of hydrogen-bond acceptors (Lipinski definition) is 3. The van der Waals surface area contributed by atoms with E-state index in [4.69, 9.17) is 4.74 Å². The number of nitrogens with one attached hydrogen (secondary N) is 1. The maximum absolute atomic E-state index is 5.44. The largest absolute Gasteiger partial charge is 0.494 e. The summed E-state index contributed by atoms with van der Waals surface area (Å²) in [6.45, 7) is 9.34. The van der Waals surface area contributed by atoms with Crippen molar-refractivity contribution in [3.05, 3.63) is 29.8 Å². The third-order valence-corrected chi connectivity index (χ3v) is 3.61. The van der Waals surface area contributed by atoms with E-state index in [1.165, 1.54) is 24.9 Å². The molecule has 3 nitrogen and oxygen atoms in total. The lowest BCUT2D eigenvalue weighted by Gasteiger charge is -2.19. The molecule has 0 spiro atoms. The standard InChI is InChI=1S/C16H26N2O/c1-3-18(15-7-8-15)12-11-17-13-14-5-9-16(10-6-14)19-4-2/h5-6,9-10,15,17H,3-4,7-8,11-13H2,1-2H3. The molecule has 0 saturated heterocycles. The van der Waals surface area contributed by atoms with Crippen molar-refractivity contribution < 1.29 is 4.74 Å². The molecular weight excluding hydrogens is 236 g/mol. The van der Waals surface area contributed by atoms with Crippen LogP contribution in [0.2, 0.25) is 0 Å². The van der Waals surface area contributed by atoms with Gasteiger partial charge in [0.2, 0.25) is 0 Å². The molecular formula is C16H26N2O. The van der Waals surface area contributed by atoms with E-state index < -0.39 is 0 Å². The second kappa shape index (κ2) is 7.51. The van der Waals surface area contributed by atoms with Crippen molar-refractivity contribution >= 4 is 0 Å². The molecule has 1 N–H and O–H groups in total. The summed E-state index contributed by atoms with van der Waals surface area (Å²) < 4.78 is 5.44. The van der Waals surface area contributed by atoms with Crippen molar-refractivity contribution in [2.75, 3.05) is 26.2 Å². The Kier molecular flexibility index (Phi) is 5.67. The molecule has 1 aromatic carbocycles. The van der Waals surface area contributed by atoms with Gasteiger partial charge in [0.05, 0.1) is 6.61 Å². The van der Waals surface area contributed by atoms with Gasteiger partial charge in [-0.3, -0.25) is 4.90 Å². The fraction of sp³-hybridized carbons (Fsp3) is 0.625. The van der Waals surface area contributed by atoms with Crippen molar-refractivity contribution in [2.45, 2.75) is 39.3 Å². The van der Waals surface area contributed by atoms with Crippen LogP contribution in [0.4, 0.5) is 0 Å². The lowest BCUT2D eigenvalue weighted by atomic mass is 10.2. The second-order valence-electron chi connectivity index (χ2n) is 5.11. The first-order valence-corrected chi connectivity index (χ1v) is 7.50. The lowest BCUT2D eigenvalue weighted by Crippen LogP contribution is -2.33. The van der Waals surface area contributed by atoms with Crippen LogP contribution in [-0.4, -0.2) is 37.2 Å². The van der Waals surface area contributed by atoms with Gasteiger partial charge in [-0.25, -0.2) is 0 Å². The smallest absolute Gasteiger partial charge is 0.119 e. The van der Waals surface area contributed by atoms with Crippen LogP contribution in [-0.2, 0) is 6.54 Å². The predicted molar refractivity (Wildman–Crippen MR) is 79.6 cm³/mol. The van der Waals surface area contributed by atoms with Crippen LogP contribution in [0.15, 0.2) is 24.3 Å². The molecule has 1 aromatic rings. The summed E-state index contributed by atoms with van der Waals surface area (Å²) in [7, 11) is 0. The number of benzene rings is 1. The van der Waals surface area contributed by atoms with E-state index in [0.717, 1.165) is 38.0 Å². The monoisotopic (exact) mass is 262 g/mol. The molecule has 1 fully saturated rings. The summed E-state index contributed by atoms with van der Waals surface area (Å²) in [6, 6.07) is 9.23. The molecule has 0 amide bonds. The molecule has 19 heavy (non-hydrogen) atoms. The van der Waals surface area contributed by atoms with Gasteiger partial charge >= 0.3 is 0 Å². The Morgan fingerprint density at radius 3 is 2.53 bits per heavy atom. The third-order valence-electron chi connectivity index (χ3n) is 3.61. The van der Waals surface area contributed by atoms with Gasteiger partial charge in [0.25, 0.3) is 0 Å². The molecule has 106 valence electrons. The number of ether oxygens (including phenoxy) is 1. The first kappa shape index (κ1) is 14.4. The molecule has 0 aliphatic heterocycles. The molecule has 0 atom stereocenters. The zero-order valence-corrected chi connectivity index (χ0v) is 12.2. The minimum atomic E-state index is 0.728. The molecule has 0 radical (unpaired) electrons. The highest BCUT2D eigenvalue weighted by molar-refractivity contribution is 5.27. The molecule has 0 unspecified atom stereocenters. The Bertz CT molecular complexity index is 360. The van der Waals surface area contributed by atoms with Crippen molar-refractivity contribution in [2.24, 2.45) is 0 Å². The number of likely N-dealkylation sites (N-methyl/N-ethyl adjacent to an activating group) is 1. The molecule has 0 heterocycles. The normalized spacial score (nSPS) is 14.9. The van der Waals surface area contributed by atoms with Gasteiger partial charge in [0, 0.05) is 25.7 Å². The van der Waals surface area contributed by atoms with Gasteiger partial charge in [-0.05, 0) is 44.0 Å². The van der Waals surface area contributed by atoms with Crippen molar-refractivity contribution in [3.8, 4) is 5.75 Å². The van der Waals surface area contributed by atoms with Crippen LogP contribution in [0.25, 0.3) is 0 Å². The maximum Gasteiger partial charge on any atom is 0.119 e. The van der Waals surface area contributed by atoms with Crippen molar-refractivity contribution in [3.63, 3.8) is 0 Å². The van der Waals surface area contributed by atoms with Gasteiger partial charge in [-0.1, -0.05) is 19.1 Å². The molecule has 1 saturated carbocycles. The average Bonchev–Trinajstić information content (AvgIpc) is 3.26. The highest BCUT2D eigenvalue weighted by Gasteiger charge is 2.26. The average molecular weight is 262 g/mol. The van der Waals surface area contributed by atoms with Gasteiger partial charge in [-0.2, -0.15) is 0 Å². The fourth-order valence-electron chi connectivity index (χ4n) is 2.36. The Hall–Kier alpha value is -1.06. The summed E-state index contributed by atoms with van der Waals surface area (Å²) >= 11 is 0. The zero-order chi connectivity index (χ0) is 13.5. The number of nitrogens with zero attached hydrogens (tertiary/aromatic N) is 1. The van der Waals surface area contributed by atoms with E-state index in [2.05, 4.69) is 29.3 Å². The quantitative estimate of drug-likeness (QED) is 0.692. The van der Waals surface area contributed by atoms with E-state index in [9.17, 15) is 0 Å². The fourth-order valence-corrected chi connectivity index (χ4v) is 2.36. The van der Waals surface area contributed by atoms with Gasteiger partial charge in [-0.15, -0.1) is 0 Å². The van der Waals surface area contributed by atoms with E-state index in [-0.39, 0.29) is 0 Å². The summed E-state index contributed by atoms with van der Waals surface area (Å²) in [5, 5.41) is 3.52. The van der Waals surface area contributed by atoms with E-state index in [0.29, 0.717) is 0 Å². The molecule has 1 aliphatic rings. The summed E-state index contributed by atoms with van der Waals surface area (Å²) in [5.41, 5.74) is 1.32. The third kappa shape index (κ3) is 4.84. The van der Waals surface area contributed by atoms with Crippen LogP contribution in [0.1, 0.15) is 32.3 Å². The first-order valence-electron chi connectivity index (χ1n) is 7.50. The maximum atomic E-state index is 5.44. The Morgan fingerprint density at radius 2 is 1.95 bits per heavy atom. The highest BCUT2D eigenvalue weighted by Crippen LogP contribution is 2.25. The first-order chi connectivity index (χ1) is 9.33. The minimum Gasteiger partial charge on any atom is -0.494 e. The van der Waals surface area contributed by atoms with Crippen LogP contribution in [0, 0.1) is 0 Å². The van der Waals surface area contributed by atoms with Crippen LogP contribution in [0.3, 0.4) is 0 Å². The van der Waals surface area contributed by atoms with E-state index in [1.54, 1.807) is 0 Å². The van der Waals surface area contributed by atoms with Gasteiger partial charge in [0.15, 0.2) is 0 Å². The Morgan fingerprint density at radius 1 is 1.21 bits per heavy atom. The SMILES string of the molecule is CCOc1ccc(CNCCN(CC)C2CC2)cc1. The molecule has 2 rings (SSSR count). The Labute approximate surface area is 116 Å². The van der Waals surface area contributed by atoms with Gasteiger partial charge in [0.1, 0.15) is 5.75 Å².